The number of rotatable bonds is 3. The topological polar surface area (TPSA) is 66.4 Å². The average molecular weight is 261 g/mol. The number of carboxylic acid groups (broad SMARTS) is 1. The number of carbonyl (C=O) groups excluding carboxylic acids is 1. The van der Waals surface area contributed by atoms with Gasteiger partial charge in [0.2, 0.25) is 5.91 Å². The van der Waals surface area contributed by atoms with Crippen molar-refractivity contribution >= 4 is 17.6 Å². The fraction of sp³-hybridized carbons (Fsp3) is 0.467. The van der Waals surface area contributed by atoms with Gasteiger partial charge in [0.15, 0.2) is 0 Å². The minimum atomic E-state index is -0.784. The average Bonchev–Trinajstić information content (AvgIpc) is 2.41. The molecular weight excluding hydrogens is 242 g/mol. The van der Waals surface area contributed by atoms with Gasteiger partial charge in [-0.3, -0.25) is 9.59 Å². The molecular formula is C15H19NO3. The highest BCUT2D eigenvalue weighted by Gasteiger charge is 2.30. The molecule has 0 saturated heterocycles. The highest BCUT2D eigenvalue weighted by Crippen LogP contribution is 2.30. The van der Waals surface area contributed by atoms with Crippen LogP contribution in [0.1, 0.15) is 31.2 Å². The van der Waals surface area contributed by atoms with E-state index < -0.39 is 5.97 Å². The molecule has 102 valence electrons. The van der Waals surface area contributed by atoms with Crippen molar-refractivity contribution in [3.63, 3.8) is 0 Å². The van der Waals surface area contributed by atoms with Crippen LogP contribution < -0.4 is 5.32 Å². The molecule has 19 heavy (non-hydrogen) atoms. The van der Waals surface area contributed by atoms with Gasteiger partial charge in [-0.2, -0.15) is 0 Å². The molecule has 2 unspecified atom stereocenters. The molecule has 1 aliphatic carbocycles. The second kappa shape index (κ2) is 5.87. The van der Waals surface area contributed by atoms with Crippen molar-refractivity contribution in [3.05, 3.63) is 29.8 Å². The van der Waals surface area contributed by atoms with E-state index in [1.54, 1.807) is 0 Å². The van der Waals surface area contributed by atoms with Crippen molar-refractivity contribution in [2.24, 2.45) is 11.8 Å². The number of hydrogen-bond donors (Lipinski definition) is 2. The Morgan fingerprint density at radius 3 is 2.42 bits per heavy atom. The molecule has 1 aromatic rings. The summed E-state index contributed by atoms with van der Waals surface area (Å²) >= 11 is 0. The lowest BCUT2D eigenvalue weighted by Gasteiger charge is -2.25. The second-order valence-corrected chi connectivity index (χ2v) is 5.25. The minimum Gasteiger partial charge on any atom is -0.481 e. The standard InChI is InChI=1S/C15H19NO3/c1-10-5-7-13(8-6-10)16-14(17)11-3-2-4-12(9-11)15(18)19/h5-8,11-12H,2-4,9H2,1H3,(H,16,17)(H,18,19). The van der Waals surface area contributed by atoms with Crippen molar-refractivity contribution in [1.82, 2.24) is 0 Å². The van der Waals surface area contributed by atoms with Gasteiger partial charge in [-0.25, -0.2) is 0 Å². The van der Waals surface area contributed by atoms with Gasteiger partial charge in [-0.15, -0.1) is 0 Å². The number of aliphatic carboxylic acids is 1. The number of aryl methyl sites for hydroxylation is 1. The minimum absolute atomic E-state index is 0.0604. The summed E-state index contributed by atoms with van der Waals surface area (Å²) in [4.78, 5) is 23.1. The first-order valence-electron chi connectivity index (χ1n) is 6.66. The molecule has 1 saturated carbocycles. The van der Waals surface area contributed by atoms with Crippen molar-refractivity contribution < 1.29 is 14.7 Å². The Hall–Kier alpha value is -1.84. The lowest BCUT2D eigenvalue weighted by molar-refractivity contribution is -0.143. The molecule has 4 heteroatoms. The number of benzene rings is 1. The molecule has 2 rings (SSSR count). The first-order chi connectivity index (χ1) is 9.06. The summed E-state index contributed by atoms with van der Waals surface area (Å²) in [7, 11) is 0. The van der Waals surface area contributed by atoms with Gasteiger partial charge in [0, 0.05) is 11.6 Å². The van der Waals surface area contributed by atoms with Gasteiger partial charge in [-0.1, -0.05) is 24.1 Å². The SMILES string of the molecule is Cc1ccc(NC(=O)C2CCCC(C(=O)O)C2)cc1. The van der Waals surface area contributed by atoms with Gasteiger partial charge in [-0.05, 0) is 38.3 Å². The Labute approximate surface area is 112 Å². The molecule has 0 aliphatic heterocycles. The first-order valence-corrected chi connectivity index (χ1v) is 6.66. The number of carboxylic acids is 1. The van der Waals surface area contributed by atoms with E-state index in [1.165, 1.54) is 0 Å². The largest absolute Gasteiger partial charge is 0.481 e. The fourth-order valence-corrected chi connectivity index (χ4v) is 2.53. The van der Waals surface area contributed by atoms with Crippen molar-refractivity contribution in [2.45, 2.75) is 32.6 Å². The van der Waals surface area contributed by atoms with Gasteiger partial charge in [0.05, 0.1) is 5.92 Å². The molecule has 2 N–H and O–H groups in total. The van der Waals surface area contributed by atoms with Crippen LogP contribution in [0.25, 0.3) is 0 Å². The monoisotopic (exact) mass is 261 g/mol. The molecule has 2 atom stereocenters. The van der Waals surface area contributed by atoms with Crippen LogP contribution in [-0.2, 0) is 9.59 Å². The van der Waals surface area contributed by atoms with E-state index in [4.69, 9.17) is 5.11 Å². The summed E-state index contributed by atoms with van der Waals surface area (Å²) in [6.07, 6.45) is 2.72. The molecule has 0 bridgehead atoms. The Morgan fingerprint density at radius 2 is 1.79 bits per heavy atom. The van der Waals surface area contributed by atoms with Crippen LogP contribution in [0.5, 0.6) is 0 Å². The summed E-state index contributed by atoms with van der Waals surface area (Å²) < 4.78 is 0. The summed E-state index contributed by atoms with van der Waals surface area (Å²) in [5.74, 6) is -1.40. The smallest absolute Gasteiger partial charge is 0.306 e. The third-order valence-electron chi connectivity index (χ3n) is 3.71. The zero-order valence-corrected chi connectivity index (χ0v) is 11.1. The Bertz CT molecular complexity index is 467. The number of carbonyl (C=O) groups is 2. The third kappa shape index (κ3) is 3.56. The van der Waals surface area contributed by atoms with Gasteiger partial charge < -0.3 is 10.4 Å². The van der Waals surface area contributed by atoms with Crippen LogP contribution in [0.2, 0.25) is 0 Å². The quantitative estimate of drug-likeness (QED) is 0.879. The summed E-state index contributed by atoms with van der Waals surface area (Å²) in [5, 5.41) is 11.9. The van der Waals surface area contributed by atoms with E-state index in [0.29, 0.717) is 12.8 Å². The molecule has 0 heterocycles. The number of amides is 1. The Balaban J connectivity index is 1.96. The molecule has 1 fully saturated rings. The maximum atomic E-state index is 12.1. The third-order valence-corrected chi connectivity index (χ3v) is 3.71. The summed E-state index contributed by atoms with van der Waals surface area (Å²) in [6, 6.07) is 7.61. The van der Waals surface area contributed by atoms with Crippen molar-refractivity contribution in [1.29, 1.82) is 0 Å². The van der Waals surface area contributed by atoms with Crippen LogP contribution in [0, 0.1) is 18.8 Å². The van der Waals surface area contributed by atoms with E-state index >= 15 is 0 Å². The maximum absolute atomic E-state index is 12.1. The van der Waals surface area contributed by atoms with Crippen LogP contribution in [0.3, 0.4) is 0 Å². The zero-order chi connectivity index (χ0) is 13.8. The molecule has 0 aromatic heterocycles. The lowest BCUT2D eigenvalue weighted by Crippen LogP contribution is -2.30. The molecule has 1 amide bonds. The van der Waals surface area contributed by atoms with Gasteiger partial charge >= 0.3 is 5.97 Å². The maximum Gasteiger partial charge on any atom is 0.306 e. The number of nitrogens with one attached hydrogen (secondary N) is 1. The summed E-state index contributed by atoms with van der Waals surface area (Å²) in [5.41, 5.74) is 1.91. The summed E-state index contributed by atoms with van der Waals surface area (Å²) in [6.45, 7) is 1.99. The molecule has 0 radical (unpaired) electrons. The predicted molar refractivity (Wildman–Crippen MR) is 72.9 cm³/mol. The number of hydrogen-bond acceptors (Lipinski definition) is 2. The predicted octanol–water partition coefficient (Wildman–Crippen LogP) is 2.82. The second-order valence-electron chi connectivity index (χ2n) is 5.25. The van der Waals surface area contributed by atoms with E-state index in [9.17, 15) is 9.59 Å². The highest BCUT2D eigenvalue weighted by molar-refractivity contribution is 5.93. The Kier molecular flexibility index (Phi) is 4.20. The van der Waals surface area contributed by atoms with Crippen LogP contribution in [0.4, 0.5) is 5.69 Å². The number of anilines is 1. The normalized spacial score (nSPS) is 22.8. The van der Waals surface area contributed by atoms with Crippen molar-refractivity contribution in [3.8, 4) is 0 Å². The molecule has 0 spiro atoms. The first kappa shape index (κ1) is 13.6. The van der Waals surface area contributed by atoms with E-state index in [1.807, 2.05) is 31.2 Å². The molecule has 1 aromatic carbocycles. The Morgan fingerprint density at radius 1 is 1.16 bits per heavy atom. The highest BCUT2D eigenvalue weighted by atomic mass is 16.4. The van der Waals surface area contributed by atoms with Crippen LogP contribution >= 0.6 is 0 Å². The van der Waals surface area contributed by atoms with E-state index in [0.717, 1.165) is 24.1 Å². The van der Waals surface area contributed by atoms with Crippen LogP contribution in [0.15, 0.2) is 24.3 Å². The molecule has 1 aliphatic rings. The van der Waals surface area contributed by atoms with E-state index in [-0.39, 0.29) is 17.7 Å². The van der Waals surface area contributed by atoms with E-state index in [2.05, 4.69) is 5.32 Å². The van der Waals surface area contributed by atoms with Crippen LogP contribution in [-0.4, -0.2) is 17.0 Å². The zero-order valence-electron chi connectivity index (χ0n) is 11.1. The van der Waals surface area contributed by atoms with Crippen molar-refractivity contribution in [2.75, 3.05) is 5.32 Å². The lowest BCUT2D eigenvalue weighted by atomic mass is 9.81. The fourth-order valence-electron chi connectivity index (χ4n) is 2.53. The van der Waals surface area contributed by atoms with Gasteiger partial charge in [0.25, 0.3) is 0 Å². The molecule has 4 nitrogen and oxygen atoms in total. The van der Waals surface area contributed by atoms with Gasteiger partial charge in [0.1, 0.15) is 0 Å².